The molecule has 0 aliphatic carbocycles. The second-order valence-corrected chi connectivity index (χ2v) is 33.8. The summed E-state index contributed by atoms with van der Waals surface area (Å²) >= 11 is 0. The van der Waals surface area contributed by atoms with Gasteiger partial charge in [-0.1, -0.05) is 179 Å². The highest BCUT2D eigenvalue weighted by Crippen LogP contribution is 2.27. The number of nitrogens with zero attached hydrogens (tertiary/aromatic N) is 25. The molecule has 0 spiro atoms. The third-order valence-corrected chi connectivity index (χ3v) is 16.4. The maximum Gasteiger partial charge on any atom is 0.163 e. The molecule has 16 aromatic heterocycles. The number of aromatic nitrogens is 25. The first-order valence-electron chi connectivity index (χ1n) is 34.8. The molecule has 0 N–H and O–H groups in total. The number of hydrogen-bond acceptors (Lipinski definition) is 17. The van der Waals surface area contributed by atoms with Crippen LogP contribution >= 0.6 is 0 Å². The summed E-state index contributed by atoms with van der Waals surface area (Å²) in [5.74, 6) is 0. The summed E-state index contributed by atoms with van der Waals surface area (Å²) in [6.45, 7) is 51.6. The second-order valence-electron chi connectivity index (χ2n) is 33.8. The summed E-state index contributed by atoms with van der Waals surface area (Å²) in [7, 11) is 0. The second kappa shape index (κ2) is 31.9. The van der Waals surface area contributed by atoms with E-state index in [4.69, 9.17) is 0 Å². The average molecular weight is 1420 g/mol. The highest BCUT2D eigenvalue weighted by atomic mass is 15.4. The first kappa shape index (κ1) is 79.6. The monoisotopic (exact) mass is 1420 g/mol. The minimum absolute atomic E-state index is 0. The van der Waals surface area contributed by atoms with Crippen molar-refractivity contribution in [2.75, 3.05) is 0 Å². The Kier molecular flexibility index (Phi) is 24.2. The third-order valence-electron chi connectivity index (χ3n) is 16.4. The zero-order valence-electron chi connectivity index (χ0n) is 65.1. The lowest BCUT2D eigenvalue weighted by Crippen LogP contribution is -2.13. The molecule has 0 aliphatic heterocycles. The number of hydrogen-bond donors (Lipinski definition) is 0. The van der Waals surface area contributed by atoms with Gasteiger partial charge in [-0.15, -0.1) is 25.5 Å². The molecule has 16 rings (SSSR count). The molecule has 16 heterocycles. The quantitative estimate of drug-likeness (QED) is 0.137. The summed E-state index contributed by atoms with van der Waals surface area (Å²) < 4.78 is 15.0. The molecule has 25 heteroatoms. The largest absolute Gasteiger partial charge is 0.308 e. The minimum atomic E-state index is 0. The van der Waals surface area contributed by atoms with Gasteiger partial charge in [-0.3, -0.25) is 22.0 Å². The standard InChI is InChI=1S/2C11H14N2.3C10H13N3.3C9H12N4.CH4/c2*1-11(2,3)10-7-9-5-4-6-13(9)8-12-10;1-10(2,3)9-4-8-5-11-6-13(8)7-12-9;2*1-10(2,3)8-6-9-11-4-5-13(9)7-12-8;2*1-9(2,3)7-4-8-12-11-6-13(8)5-10-7;1-9(2,3)8-4-7-5-11-12-13(7)6-10-8;/h2*4-8H,1-3H3;3*4-7H,1-3H3;3*4-6H,1-3H3;1H4. The van der Waals surface area contributed by atoms with Crippen LogP contribution in [0.4, 0.5) is 0 Å². The van der Waals surface area contributed by atoms with Crippen LogP contribution in [0.25, 0.3) is 44.7 Å². The lowest BCUT2D eigenvalue weighted by molar-refractivity contribution is 0.565. The van der Waals surface area contributed by atoms with Crippen LogP contribution in [0, 0.1) is 0 Å². The summed E-state index contributed by atoms with van der Waals surface area (Å²) in [5.41, 5.74) is 17.5. The first-order chi connectivity index (χ1) is 48.6. The predicted molar refractivity (Wildman–Crippen MR) is 418 cm³/mol. The van der Waals surface area contributed by atoms with E-state index in [2.05, 4.69) is 282 Å². The molecule has 0 saturated heterocycles. The Morgan fingerprint density at radius 1 is 0.248 bits per heavy atom. The summed E-state index contributed by atoms with van der Waals surface area (Å²) in [5, 5.41) is 23.2. The summed E-state index contributed by atoms with van der Waals surface area (Å²) in [6, 6.07) is 24.6. The van der Waals surface area contributed by atoms with Crippen LogP contribution in [0.1, 0.15) is 219 Å². The third kappa shape index (κ3) is 21.5. The van der Waals surface area contributed by atoms with Gasteiger partial charge in [-0.2, -0.15) is 0 Å². The fraction of sp³-hybridized carbons (Fsp3) is 0.412. The van der Waals surface area contributed by atoms with Crippen molar-refractivity contribution in [1.29, 1.82) is 0 Å². The summed E-state index contributed by atoms with van der Waals surface area (Å²) in [6.07, 6.45) is 34.4. The number of rotatable bonds is 0. The van der Waals surface area contributed by atoms with E-state index < -0.39 is 0 Å². The maximum absolute atomic E-state index is 4.41. The Morgan fingerprint density at radius 2 is 0.552 bits per heavy atom. The van der Waals surface area contributed by atoms with Crippen molar-refractivity contribution in [3.63, 3.8) is 0 Å². The lowest BCUT2D eigenvalue weighted by Gasteiger charge is -2.17. The Hall–Kier alpha value is -11.1. The van der Waals surface area contributed by atoms with E-state index in [9.17, 15) is 0 Å². The van der Waals surface area contributed by atoms with Crippen molar-refractivity contribution < 1.29 is 0 Å². The van der Waals surface area contributed by atoms with Crippen LogP contribution in [-0.4, -0.2) is 121 Å². The maximum atomic E-state index is 4.41. The van der Waals surface area contributed by atoms with Gasteiger partial charge in [-0.25, -0.2) is 59.3 Å². The van der Waals surface area contributed by atoms with Gasteiger partial charge in [0.2, 0.25) is 0 Å². The van der Waals surface area contributed by atoms with Gasteiger partial charge >= 0.3 is 0 Å². The highest BCUT2D eigenvalue weighted by Gasteiger charge is 2.22. The lowest BCUT2D eigenvalue weighted by atomic mass is 9.92. The van der Waals surface area contributed by atoms with Crippen LogP contribution in [-0.2, 0) is 43.3 Å². The minimum Gasteiger partial charge on any atom is -0.308 e. The van der Waals surface area contributed by atoms with Gasteiger partial charge in [0.1, 0.15) is 68.2 Å². The van der Waals surface area contributed by atoms with Crippen LogP contribution in [0.5, 0.6) is 0 Å². The van der Waals surface area contributed by atoms with Crippen molar-refractivity contribution in [3.05, 3.63) is 238 Å². The predicted octanol–water partition coefficient (Wildman–Crippen LogP) is 16.2. The number of fused-ring (bicyclic) bond motifs is 8. The van der Waals surface area contributed by atoms with Crippen molar-refractivity contribution in [2.45, 2.75) is 217 Å². The molecular formula is C80H107N25. The highest BCUT2D eigenvalue weighted by molar-refractivity contribution is 5.51. The fourth-order valence-corrected chi connectivity index (χ4v) is 9.81. The van der Waals surface area contributed by atoms with Crippen LogP contribution in [0.2, 0.25) is 0 Å². The molecule has 105 heavy (non-hydrogen) atoms. The molecule has 0 amide bonds. The van der Waals surface area contributed by atoms with E-state index >= 15 is 0 Å². The molecule has 0 bridgehead atoms. The van der Waals surface area contributed by atoms with Gasteiger partial charge in [0.15, 0.2) is 11.3 Å². The molecule has 16 aromatic rings. The first-order valence-corrected chi connectivity index (χ1v) is 34.8. The average Bonchev–Trinajstić information content (AvgIpc) is 1.76. The van der Waals surface area contributed by atoms with E-state index in [-0.39, 0.29) is 50.7 Å². The van der Waals surface area contributed by atoms with Crippen molar-refractivity contribution in [2.24, 2.45) is 0 Å². The molecule has 25 nitrogen and oxygen atoms in total. The van der Waals surface area contributed by atoms with Gasteiger partial charge in [0.05, 0.1) is 58.9 Å². The SMILES string of the molecule is C.CC(C)(C)c1cc2cccn2cn1.CC(C)(C)c1cc2cccn2cn1.CC(C)(C)c1cc2cncn2cn1.CC(C)(C)c1cc2cnnn2cn1.CC(C)(C)c1cc2nccn2cn1.CC(C)(C)c1cc2nccn2cn1.CC(C)(C)c1cc2nncn2cn1.CC(C)(C)c1cc2nncn2cn1. The smallest absolute Gasteiger partial charge is 0.163 e. The number of imidazole rings is 3. The van der Waals surface area contributed by atoms with Crippen molar-refractivity contribution >= 4 is 44.7 Å². The van der Waals surface area contributed by atoms with Crippen LogP contribution < -0.4 is 0 Å². The Balaban J connectivity index is 0.000000151. The van der Waals surface area contributed by atoms with Crippen LogP contribution in [0.3, 0.4) is 0 Å². The Morgan fingerprint density at radius 3 is 0.924 bits per heavy atom. The molecule has 0 saturated carbocycles. The molecule has 0 unspecified atom stereocenters. The van der Waals surface area contributed by atoms with Gasteiger partial charge in [0.25, 0.3) is 0 Å². The normalized spacial score (nSPS) is 12.1. The van der Waals surface area contributed by atoms with Gasteiger partial charge < -0.3 is 8.80 Å². The fourth-order valence-electron chi connectivity index (χ4n) is 9.81. The van der Waals surface area contributed by atoms with E-state index in [0.29, 0.717) is 0 Å². The van der Waals surface area contributed by atoms with Crippen LogP contribution in [0.15, 0.2) is 192 Å². The zero-order chi connectivity index (χ0) is 75.8. The molecule has 0 atom stereocenters. The summed E-state index contributed by atoms with van der Waals surface area (Å²) in [4.78, 5) is 47.4. The Labute approximate surface area is 616 Å². The molecule has 0 radical (unpaired) electrons. The van der Waals surface area contributed by atoms with Gasteiger partial charge in [-0.05, 0) is 48.5 Å². The van der Waals surface area contributed by atoms with Gasteiger partial charge in [0, 0.05) is 139 Å². The molecule has 0 aromatic carbocycles. The molecule has 0 aliphatic rings. The topological polar surface area (TPSA) is 254 Å². The van der Waals surface area contributed by atoms with Crippen molar-refractivity contribution in [3.8, 4) is 0 Å². The van der Waals surface area contributed by atoms with E-state index in [1.165, 1.54) is 11.0 Å². The zero-order valence-corrected chi connectivity index (χ0v) is 65.1. The van der Waals surface area contributed by atoms with E-state index in [1.54, 1.807) is 69.9 Å². The van der Waals surface area contributed by atoms with E-state index in [0.717, 1.165) is 79.2 Å². The van der Waals surface area contributed by atoms with E-state index in [1.807, 2.05) is 127 Å². The molecule has 0 fully saturated rings. The molecular weight excluding hydrogens is 1310 g/mol. The van der Waals surface area contributed by atoms with Crippen molar-refractivity contribution in [1.82, 2.24) is 121 Å². The Bertz CT molecular complexity index is 4390. The molecule has 552 valence electrons.